The van der Waals surface area contributed by atoms with Crippen LogP contribution in [0.15, 0.2) is 12.5 Å². The van der Waals surface area contributed by atoms with Gasteiger partial charge in [0.05, 0.1) is 11.9 Å². The van der Waals surface area contributed by atoms with Gasteiger partial charge in [0, 0.05) is 11.5 Å². The number of hydrogen-bond acceptors (Lipinski definition) is 5. The number of rotatable bonds is 1. The zero-order valence-electron chi connectivity index (χ0n) is 7.06. The molecule has 0 bridgehead atoms. The van der Waals surface area contributed by atoms with E-state index in [2.05, 4.69) is 14.5 Å². The van der Waals surface area contributed by atoms with Crippen LogP contribution in [0.5, 0.6) is 0 Å². The number of halogens is 3. The summed E-state index contributed by atoms with van der Waals surface area (Å²) in [6.45, 7) is 0. The molecule has 15 heavy (non-hydrogen) atoms. The van der Waals surface area contributed by atoms with Crippen LogP contribution in [0.3, 0.4) is 0 Å². The molecule has 9 heteroatoms. The van der Waals surface area contributed by atoms with Crippen LogP contribution >= 0.6 is 11.5 Å². The summed E-state index contributed by atoms with van der Waals surface area (Å²) in [5.74, 6) is 0. The van der Waals surface area contributed by atoms with Gasteiger partial charge in [-0.3, -0.25) is 0 Å². The Morgan fingerprint density at radius 3 is 2.67 bits per heavy atom. The van der Waals surface area contributed by atoms with Crippen LogP contribution in [0.2, 0.25) is 0 Å². The van der Waals surface area contributed by atoms with Gasteiger partial charge >= 0.3 is 6.18 Å². The van der Waals surface area contributed by atoms with Crippen molar-refractivity contribution in [1.29, 1.82) is 0 Å². The fourth-order valence-corrected chi connectivity index (χ4v) is 1.55. The van der Waals surface area contributed by atoms with Gasteiger partial charge in [-0.25, -0.2) is 4.98 Å². The molecular weight excluding hydrogens is 231 g/mol. The lowest BCUT2D eigenvalue weighted by Crippen LogP contribution is -2.15. The van der Waals surface area contributed by atoms with Crippen molar-refractivity contribution >= 4 is 17.2 Å². The van der Waals surface area contributed by atoms with Gasteiger partial charge in [0.25, 0.3) is 0 Å². The molecule has 0 saturated heterocycles. The van der Waals surface area contributed by atoms with Gasteiger partial charge in [-0.1, -0.05) is 0 Å². The molecule has 0 atom stereocenters. The number of nitrogens with zero attached hydrogens (tertiary/aromatic N) is 4. The van der Waals surface area contributed by atoms with Gasteiger partial charge in [-0.2, -0.15) is 27.3 Å². The Morgan fingerprint density at radius 2 is 2.13 bits per heavy atom. The van der Waals surface area contributed by atoms with E-state index in [-0.39, 0.29) is 5.13 Å². The third-order valence-electron chi connectivity index (χ3n) is 1.60. The van der Waals surface area contributed by atoms with Crippen LogP contribution in [0.25, 0.3) is 5.13 Å². The van der Waals surface area contributed by atoms with Crippen LogP contribution in [-0.4, -0.2) is 19.1 Å². The second kappa shape index (κ2) is 3.19. The smallest absolute Gasteiger partial charge is 0.396 e. The third kappa shape index (κ3) is 1.65. The molecule has 5 nitrogen and oxygen atoms in total. The summed E-state index contributed by atoms with van der Waals surface area (Å²) in [4.78, 5) is 3.63. The van der Waals surface area contributed by atoms with Crippen molar-refractivity contribution in [3.05, 3.63) is 18.2 Å². The summed E-state index contributed by atoms with van der Waals surface area (Å²) >= 11 is 0.803. The zero-order valence-corrected chi connectivity index (χ0v) is 7.88. The second-order valence-corrected chi connectivity index (χ2v) is 3.34. The Labute approximate surface area is 85.5 Å². The first-order valence-corrected chi connectivity index (χ1v) is 4.45. The lowest BCUT2D eigenvalue weighted by molar-refractivity contribution is -0.142. The summed E-state index contributed by atoms with van der Waals surface area (Å²) in [7, 11) is 0. The molecule has 2 N–H and O–H groups in total. The van der Waals surface area contributed by atoms with Crippen LogP contribution in [-0.2, 0) is 6.18 Å². The van der Waals surface area contributed by atoms with Crippen LogP contribution in [0.1, 0.15) is 5.69 Å². The molecule has 0 aliphatic heterocycles. The minimum absolute atomic E-state index is 0.0269. The van der Waals surface area contributed by atoms with Gasteiger partial charge in [0.1, 0.15) is 6.33 Å². The lowest BCUT2D eigenvalue weighted by atomic mass is 10.3. The lowest BCUT2D eigenvalue weighted by Gasteiger charge is -2.08. The second-order valence-electron chi connectivity index (χ2n) is 2.58. The SMILES string of the molecule is Nc1cnn(-c2ncns2)c1C(F)(F)F. The first kappa shape index (κ1) is 9.90. The molecule has 0 aliphatic rings. The maximum absolute atomic E-state index is 12.6. The molecule has 2 rings (SSSR count). The average Bonchev–Trinajstić information content (AvgIpc) is 2.68. The number of hydrogen-bond donors (Lipinski definition) is 1. The minimum atomic E-state index is -4.56. The Kier molecular flexibility index (Phi) is 2.11. The summed E-state index contributed by atoms with van der Waals surface area (Å²) in [6, 6.07) is 0. The number of nitrogen functional groups attached to an aromatic ring is 1. The van der Waals surface area contributed by atoms with E-state index in [1.807, 2.05) is 0 Å². The van der Waals surface area contributed by atoms with Crippen molar-refractivity contribution in [2.45, 2.75) is 6.18 Å². The highest BCUT2D eigenvalue weighted by atomic mass is 32.1. The highest BCUT2D eigenvalue weighted by Gasteiger charge is 2.38. The highest BCUT2D eigenvalue weighted by Crippen LogP contribution is 2.34. The van der Waals surface area contributed by atoms with Gasteiger partial charge in [0.15, 0.2) is 5.69 Å². The molecule has 0 fully saturated rings. The van der Waals surface area contributed by atoms with E-state index in [4.69, 9.17) is 5.73 Å². The Morgan fingerprint density at radius 1 is 1.40 bits per heavy atom. The molecule has 0 aromatic carbocycles. The molecule has 80 valence electrons. The summed E-state index contributed by atoms with van der Waals surface area (Å²) in [6.07, 6.45) is -2.48. The first-order valence-electron chi connectivity index (χ1n) is 3.68. The monoisotopic (exact) mass is 235 g/mol. The van der Waals surface area contributed by atoms with Gasteiger partial charge < -0.3 is 5.73 Å². The maximum Gasteiger partial charge on any atom is 0.435 e. The van der Waals surface area contributed by atoms with Crippen LogP contribution in [0.4, 0.5) is 18.9 Å². The van der Waals surface area contributed by atoms with E-state index < -0.39 is 17.6 Å². The predicted molar refractivity (Wildman–Crippen MR) is 46.4 cm³/mol. The molecule has 0 radical (unpaired) electrons. The van der Waals surface area contributed by atoms with E-state index in [1.165, 1.54) is 0 Å². The molecule has 2 aromatic heterocycles. The van der Waals surface area contributed by atoms with E-state index >= 15 is 0 Å². The highest BCUT2D eigenvalue weighted by molar-refractivity contribution is 7.07. The Balaban J connectivity index is 2.59. The molecule has 0 unspecified atom stereocenters. The fraction of sp³-hybridized carbons (Fsp3) is 0.167. The quantitative estimate of drug-likeness (QED) is 0.809. The summed E-state index contributed by atoms with van der Waals surface area (Å²) in [5.41, 5.74) is 3.73. The van der Waals surface area contributed by atoms with E-state index in [1.54, 1.807) is 0 Å². The van der Waals surface area contributed by atoms with Crippen LogP contribution < -0.4 is 5.73 Å². The first-order chi connectivity index (χ1) is 7.00. The normalized spacial score (nSPS) is 11.9. The van der Waals surface area contributed by atoms with E-state index in [9.17, 15) is 13.2 Å². The van der Waals surface area contributed by atoms with Crippen molar-refractivity contribution < 1.29 is 13.2 Å². The van der Waals surface area contributed by atoms with Gasteiger partial charge in [-0.05, 0) is 0 Å². The number of alkyl halides is 3. The molecule has 0 amide bonds. The van der Waals surface area contributed by atoms with Crippen molar-refractivity contribution in [3.8, 4) is 5.13 Å². The number of aromatic nitrogens is 4. The number of nitrogens with two attached hydrogens (primary N) is 1. The molecule has 0 spiro atoms. The van der Waals surface area contributed by atoms with Crippen molar-refractivity contribution in [2.24, 2.45) is 0 Å². The molecule has 0 saturated carbocycles. The van der Waals surface area contributed by atoms with Crippen molar-refractivity contribution in [2.75, 3.05) is 5.73 Å². The van der Waals surface area contributed by atoms with Crippen molar-refractivity contribution in [3.63, 3.8) is 0 Å². The summed E-state index contributed by atoms with van der Waals surface area (Å²) < 4.78 is 41.9. The molecule has 2 aromatic rings. The van der Waals surface area contributed by atoms with Gasteiger partial charge in [0.2, 0.25) is 5.13 Å². The molecule has 0 aliphatic carbocycles. The largest absolute Gasteiger partial charge is 0.435 e. The Bertz CT molecular complexity index is 460. The Hall–Kier alpha value is -1.64. The maximum atomic E-state index is 12.6. The standard InChI is InChI=1S/C6H4F3N5S/c7-6(8,9)4-3(10)1-12-14(4)5-11-2-13-15-5/h1-2H,10H2. The summed E-state index contributed by atoms with van der Waals surface area (Å²) in [5, 5.41) is 3.53. The van der Waals surface area contributed by atoms with Crippen LogP contribution in [0, 0.1) is 0 Å². The zero-order chi connectivity index (χ0) is 11.1. The molecule has 2 heterocycles. The van der Waals surface area contributed by atoms with Gasteiger partial charge in [-0.15, -0.1) is 0 Å². The average molecular weight is 235 g/mol. The number of anilines is 1. The van der Waals surface area contributed by atoms with Crippen molar-refractivity contribution in [1.82, 2.24) is 19.1 Å². The minimum Gasteiger partial charge on any atom is -0.396 e. The topological polar surface area (TPSA) is 69.6 Å². The third-order valence-corrected chi connectivity index (χ3v) is 2.24. The predicted octanol–water partition coefficient (Wildman–Crippen LogP) is 1.32. The molecular formula is C6H4F3N5S. The van der Waals surface area contributed by atoms with E-state index in [0.29, 0.717) is 4.68 Å². The fourth-order valence-electron chi connectivity index (χ4n) is 1.05. The van der Waals surface area contributed by atoms with E-state index in [0.717, 1.165) is 24.1 Å².